The van der Waals surface area contributed by atoms with Gasteiger partial charge < -0.3 is 14.8 Å². The van der Waals surface area contributed by atoms with Gasteiger partial charge in [0.05, 0.1) is 24.9 Å². The van der Waals surface area contributed by atoms with Gasteiger partial charge in [-0.05, 0) is 7.05 Å². The molecule has 1 N–H and O–H groups in total. The molecule has 2 heterocycles. The van der Waals surface area contributed by atoms with Crippen LogP contribution in [0.25, 0.3) is 0 Å². The summed E-state index contributed by atoms with van der Waals surface area (Å²) in [7, 11) is 1.90. The molecule has 2 rings (SSSR count). The van der Waals surface area contributed by atoms with Crippen molar-refractivity contribution >= 4 is 0 Å². The highest BCUT2D eigenvalue weighted by molar-refractivity contribution is 5.02. The second-order valence-corrected chi connectivity index (χ2v) is 3.38. The van der Waals surface area contributed by atoms with Gasteiger partial charge in [0.1, 0.15) is 0 Å². The minimum Gasteiger partial charge on any atom is -0.350 e. The molecule has 0 aliphatic carbocycles. The second kappa shape index (κ2) is 5.16. The van der Waals surface area contributed by atoms with Crippen LogP contribution in [0.5, 0.6) is 0 Å². The van der Waals surface area contributed by atoms with Crippen LogP contribution in [0.2, 0.25) is 0 Å². The molecule has 5 heteroatoms. The predicted octanol–water partition coefficient (Wildman–Crippen LogP) is 0.500. The maximum absolute atomic E-state index is 5.40. The number of aromatic nitrogens is 2. The summed E-state index contributed by atoms with van der Waals surface area (Å²) in [5.41, 5.74) is 0.916. The van der Waals surface area contributed by atoms with E-state index >= 15 is 0 Å². The van der Waals surface area contributed by atoms with Gasteiger partial charge >= 0.3 is 0 Å². The minimum absolute atomic E-state index is 0.121. The summed E-state index contributed by atoms with van der Waals surface area (Å²) in [5, 5.41) is 3.18. The second-order valence-electron chi connectivity index (χ2n) is 3.38. The Morgan fingerprint density at radius 2 is 2.27 bits per heavy atom. The molecule has 0 aromatic carbocycles. The van der Waals surface area contributed by atoms with Crippen LogP contribution in [0, 0.1) is 0 Å². The Labute approximate surface area is 88.8 Å². The van der Waals surface area contributed by atoms with E-state index in [0.717, 1.165) is 12.1 Å². The van der Waals surface area contributed by atoms with Gasteiger partial charge in [-0.2, -0.15) is 0 Å². The normalized spacial score (nSPS) is 19.3. The Hall–Kier alpha value is -1.04. The predicted molar refractivity (Wildman–Crippen MR) is 54.1 cm³/mol. The Bertz CT molecular complexity index is 288. The summed E-state index contributed by atoms with van der Waals surface area (Å²) in [6, 6.07) is 0.127. The molecule has 15 heavy (non-hydrogen) atoms. The minimum atomic E-state index is -0.121. The Kier molecular flexibility index (Phi) is 3.60. The van der Waals surface area contributed by atoms with E-state index in [9.17, 15) is 0 Å². The number of ether oxygens (including phenoxy) is 2. The van der Waals surface area contributed by atoms with Gasteiger partial charge in [-0.3, -0.25) is 9.97 Å². The maximum atomic E-state index is 5.40. The van der Waals surface area contributed by atoms with Gasteiger partial charge in [-0.15, -0.1) is 0 Å². The van der Waals surface area contributed by atoms with Crippen LogP contribution in [-0.2, 0) is 9.47 Å². The monoisotopic (exact) mass is 209 g/mol. The molecule has 1 aromatic heterocycles. The average Bonchev–Trinajstić information content (AvgIpc) is 2.80. The molecule has 82 valence electrons. The van der Waals surface area contributed by atoms with Crippen LogP contribution in [-0.4, -0.2) is 36.5 Å². The van der Waals surface area contributed by atoms with Crippen molar-refractivity contribution in [3.05, 3.63) is 24.3 Å². The van der Waals surface area contributed by atoms with Gasteiger partial charge in [0, 0.05) is 25.0 Å². The number of rotatable bonds is 4. The molecule has 1 fully saturated rings. The van der Waals surface area contributed by atoms with E-state index in [1.165, 1.54) is 0 Å². The molecule has 5 nitrogen and oxygen atoms in total. The average molecular weight is 209 g/mol. The zero-order valence-corrected chi connectivity index (χ0v) is 8.72. The van der Waals surface area contributed by atoms with E-state index in [0.29, 0.717) is 13.2 Å². The van der Waals surface area contributed by atoms with E-state index in [1.54, 1.807) is 18.6 Å². The Morgan fingerprint density at radius 3 is 2.87 bits per heavy atom. The highest BCUT2D eigenvalue weighted by Gasteiger charge is 2.22. The van der Waals surface area contributed by atoms with Crippen LogP contribution in [0.4, 0.5) is 0 Å². The zero-order valence-electron chi connectivity index (χ0n) is 8.72. The third-order valence-electron chi connectivity index (χ3n) is 2.41. The fourth-order valence-corrected chi connectivity index (χ4v) is 1.61. The standard InChI is InChI=1S/C10H15N3O2/c1-11-8(6-10-14-4-5-15-10)9-7-12-2-3-13-9/h2-3,7-8,10-11H,4-6H2,1H3. The first-order valence-corrected chi connectivity index (χ1v) is 5.06. The summed E-state index contributed by atoms with van der Waals surface area (Å²) in [6.45, 7) is 1.36. The smallest absolute Gasteiger partial charge is 0.159 e. The topological polar surface area (TPSA) is 56.3 Å². The molecule has 1 atom stereocenters. The lowest BCUT2D eigenvalue weighted by molar-refractivity contribution is -0.0528. The number of nitrogens with one attached hydrogen (secondary N) is 1. The van der Waals surface area contributed by atoms with Crippen molar-refractivity contribution in [3.63, 3.8) is 0 Å². The molecule has 0 radical (unpaired) electrons. The summed E-state index contributed by atoms with van der Waals surface area (Å²) in [5.74, 6) is 0. The Balaban J connectivity index is 1.97. The quantitative estimate of drug-likeness (QED) is 0.782. The summed E-state index contributed by atoms with van der Waals surface area (Å²) < 4.78 is 10.8. The molecule has 0 spiro atoms. The summed E-state index contributed by atoms with van der Waals surface area (Å²) in [6.07, 6.45) is 5.75. The number of nitrogens with zero attached hydrogens (tertiary/aromatic N) is 2. The van der Waals surface area contributed by atoms with Crippen molar-refractivity contribution in [2.75, 3.05) is 20.3 Å². The number of hydrogen-bond acceptors (Lipinski definition) is 5. The molecular weight excluding hydrogens is 194 g/mol. The largest absolute Gasteiger partial charge is 0.350 e. The van der Waals surface area contributed by atoms with Crippen LogP contribution >= 0.6 is 0 Å². The fraction of sp³-hybridized carbons (Fsp3) is 0.600. The molecule has 1 unspecified atom stereocenters. The third-order valence-corrected chi connectivity index (χ3v) is 2.41. The van der Waals surface area contributed by atoms with Crippen molar-refractivity contribution < 1.29 is 9.47 Å². The summed E-state index contributed by atoms with van der Waals surface area (Å²) in [4.78, 5) is 8.30. The molecule has 1 aliphatic rings. The van der Waals surface area contributed by atoms with Gasteiger partial charge in [0.15, 0.2) is 6.29 Å². The van der Waals surface area contributed by atoms with E-state index in [-0.39, 0.29) is 12.3 Å². The number of hydrogen-bond donors (Lipinski definition) is 1. The molecular formula is C10H15N3O2. The fourth-order valence-electron chi connectivity index (χ4n) is 1.61. The lowest BCUT2D eigenvalue weighted by Gasteiger charge is -2.18. The molecule has 1 saturated heterocycles. The molecule has 0 saturated carbocycles. The highest BCUT2D eigenvalue weighted by Crippen LogP contribution is 2.19. The first kappa shape index (κ1) is 10.5. The lowest BCUT2D eigenvalue weighted by Crippen LogP contribution is -2.23. The summed E-state index contributed by atoms with van der Waals surface area (Å²) >= 11 is 0. The van der Waals surface area contributed by atoms with Gasteiger partial charge in [0.2, 0.25) is 0 Å². The van der Waals surface area contributed by atoms with Gasteiger partial charge in [-0.1, -0.05) is 0 Å². The van der Waals surface area contributed by atoms with Crippen molar-refractivity contribution in [2.24, 2.45) is 0 Å². The van der Waals surface area contributed by atoms with E-state index in [1.807, 2.05) is 7.05 Å². The van der Waals surface area contributed by atoms with Gasteiger partial charge in [-0.25, -0.2) is 0 Å². The van der Waals surface area contributed by atoms with Crippen molar-refractivity contribution in [2.45, 2.75) is 18.8 Å². The van der Waals surface area contributed by atoms with Crippen LogP contribution in [0.3, 0.4) is 0 Å². The first-order valence-electron chi connectivity index (χ1n) is 5.06. The van der Waals surface area contributed by atoms with Crippen molar-refractivity contribution in [1.82, 2.24) is 15.3 Å². The van der Waals surface area contributed by atoms with Crippen LogP contribution < -0.4 is 5.32 Å². The SMILES string of the molecule is CNC(CC1OCCO1)c1cnccn1. The molecule has 0 bridgehead atoms. The van der Waals surface area contributed by atoms with Crippen LogP contribution in [0.1, 0.15) is 18.2 Å². The lowest BCUT2D eigenvalue weighted by atomic mass is 10.1. The maximum Gasteiger partial charge on any atom is 0.159 e. The van der Waals surface area contributed by atoms with Gasteiger partial charge in [0.25, 0.3) is 0 Å². The van der Waals surface area contributed by atoms with Crippen molar-refractivity contribution in [1.29, 1.82) is 0 Å². The third kappa shape index (κ3) is 2.71. The zero-order chi connectivity index (χ0) is 10.5. The van der Waals surface area contributed by atoms with E-state index < -0.39 is 0 Å². The van der Waals surface area contributed by atoms with Crippen LogP contribution in [0.15, 0.2) is 18.6 Å². The van der Waals surface area contributed by atoms with E-state index in [2.05, 4.69) is 15.3 Å². The first-order chi connectivity index (χ1) is 7.40. The molecule has 1 aliphatic heterocycles. The highest BCUT2D eigenvalue weighted by atomic mass is 16.7. The van der Waals surface area contributed by atoms with Crippen molar-refractivity contribution in [3.8, 4) is 0 Å². The molecule has 1 aromatic rings. The molecule has 0 amide bonds. The Morgan fingerprint density at radius 1 is 1.47 bits per heavy atom. The van der Waals surface area contributed by atoms with E-state index in [4.69, 9.17) is 9.47 Å².